The molecule has 0 aromatic carbocycles. The molecule has 3 N–H and O–H groups in total. The summed E-state index contributed by atoms with van der Waals surface area (Å²) in [4.78, 5) is 21.1. The molecule has 0 saturated carbocycles. The van der Waals surface area contributed by atoms with Crippen molar-refractivity contribution in [3.05, 3.63) is 34.9 Å². The fraction of sp³-hybridized carbons (Fsp3) is 0.636. The monoisotopic (exact) mass is 382 g/mol. The van der Waals surface area contributed by atoms with Crippen LogP contribution in [0.1, 0.15) is 80.1 Å². The minimum absolute atomic E-state index is 0.119. The molecular formula is C22H38O5. The number of carbonyl (C=O) groups is 2. The van der Waals surface area contributed by atoms with Crippen LogP contribution in [0.4, 0.5) is 0 Å². The molecule has 0 atom stereocenters. The van der Waals surface area contributed by atoms with Gasteiger partial charge in [0, 0.05) is 0 Å². The van der Waals surface area contributed by atoms with Gasteiger partial charge in [-0.25, -0.2) is 0 Å². The summed E-state index contributed by atoms with van der Waals surface area (Å²) < 4.78 is 0. The predicted octanol–water partition coefficient (Wildman–Crippen LogP) is 5.36. The largest absolute Gasteiger partial charge is 0.480 e. The highest BCUT2D eigenvalue weighted by Gasteiger charge is 2.42. The van der Waals surface area contributed by atoms with E-state index in [9.17, 15) is 9.59 Å². The Morgan fingerprint density at radius 2 is 1.19 bits per heavy atom. The number of allylic oxidation sites excluding steroid dienone is 5. The van der Waals surface area contributed by atoms with E-state index < -0.39 is 17.4 Å². The van der Waals surface area contributed by atoms with Crippen molar-refractivity contribution >= 4 is 11.9 Å². The van der Waals surface area contributed by atoms with Crippen LogP contribution in [0.15, 0.2) is 34.9 Å². The topological polar surface area (TPSA) is 94.8 Å². The molecular weight excluding hydrogens is 344 g/mol. The number of carboxylic acid groups (broad SMARTS) is 2. The SMILES string of the molecule is CC(C)=CCCC(C)=CCCC(C)=CCO.CCC(CC)(C(=O)O)C(=O)O. The van der Waals surface area contributed by atoms with Gasteiger partial charge >= 0.3 is 11.9 Å². The second kappa shape index (κ2) is 15.2. The Hall–Kier alpha value is -1.88. The van der Waals surface area contributed by atoms with E-state index in [1.54, 1.807) is 13.8 Å². The first-order valence-corrected chi connectivity index (χ1v) is 9.59. The zero-order valence-electron chi connectivity index (χ0n) is 17.8. The minimum Gasteiger partial charge on any atom is -0.480 e. The summed E-state index contributed by atoms with van der Waals surface area (Å²) in [5, 5.41) is 25.9. The van der Waals surface area contributed by atoms with Gasteiger partial charge in [0.25, 0.3) is 0 Å². The Kier molecular flexibility index (Phi) is 15.4. The lowest BCUT2D eigenvalue weighted by atomic mass is 9.83. The third kappa shape index (κ3) is 12.2. The molecule has 0 heterocycles. The standard InChI is InChI=1S/C15H26O.C7H12O4/c1-13(2)7-5-8-14(3)9-6-10-15(4)11-12-16;1-3-7(4-2,5(8)9)6(10)11/h7,9,11,16H,5-6,8,10,12H2,1-4H3;3-4H2,1-2H3,(H,8,9)(H,10,11). The smallest absolute Gasteiger partial charge is 0.321 e. The Balaban J connectivity index is 0. The highest BCUT2D eigenvalue weighted by molar-refractivity contribution is 5.98. The summed E-state index contributed by atoms with van der Waals surface area (Å²) in [7, 11) is 0. The third-order valence-corrected chi connectivity index (χ3v) is 4.59. The lowest BCUT2D eigenvalue weighted by molar-refractivity contribution is -0.165. The van der Waals surface area contributed by atoms with Gasteiger partial charge in [-0.1, -0.05) is 48.8 Å². The summed E-state index contributed by atoms with van der Waals surface area (Å²) in [6, 6.07) is 0. The minimum atomic E-state index is -1.58. The molecule has 0 unspecified atom stereocenters. The van der Waals surface area contributed by atoms with E-state index in [4.69, 9.17) is 15.3 Å². The van der Waals surface area contributed by atoms with Gasteiger partial charge in [-0.15, -0.1) is 0 Å². The molecule has 0 bridgehead atoms. The van der Waals surface area contributed by atoms with Crippen LogP contribution in [0.25, 0.3) is 0 Å². The predicted molar refractivity (Wildman–Crippen MR) is 111 cm³/mol. The lowest BCUT2D eigenvalue weighted by Crippen LogP contribution is -2.38. The van der Waals surface area contributed by atoms with Gasteiger partial charge in [0.2, 0.25) is 0 Å². The fourth-order valence-electron chi connectivity index (χ4n) is 2.44. The van der Waals surface area contributed by atoms with Gasteiger partial charge in [0.15, 0.2) is 5.41 Å². The molecule has 156 valence electrons. The van der Waals surface area contributed by atoms with Gasteiger partial charge in [0.1, 0.15) is 0 Å². The van der Waals surface area contributed by atoms with E-state index in [1.807, 2.05) is 6.08 Å². The molecule has 27 heavy (non-hydrogen) atoms. The maximum absolute atomic E-state index is 10.5. The molecule has 0 aromatic rings. The van der Waals surface area contributed by atoms with Gasteiger partial charge in [0.05, 0.1) is 6.61 Å². The van der Waals surface area contributed by atoms with E-state index in [1.165, 1.54) is 16.7 Å². The molecule has 0 aliphatic rings. The Morgan fingerprint density at radius 1 is 0.778 bits per heavy atom. The number of aliphatic hydroxyl groups is 1. The first-order chi connectivity index (χ1) is 12.6. The number of rotatable bonds is 11. The molecule has 0 aliphatic heterocycles. The highest BCUT2D eigenvalue weighted by atomic mass is 16.4. The average molecular weight is 383 g/mol. The molecule has 5 heteroatoms. The van der Waals surface area contributed by atoms with Crippen molar-refractivity contribution < 1.29 is 24.9 Å². The summed E-state index contributed by atoms with van der Waals surface area (Å²) >= 11 is 0. The Labute approximate surface area is 164 Å². The maximum Gasteiger partial charge on any atom is 0.321 e. The van der Waals surface area contributed by atoms with Crippen molar-refractivity contribution in [3.63, 3.8) is 0 Å². The van der Waals surface area contributed by atoms with Crippen molar-refractivity contribution in [1.82, 2.24) is 0 Å². The Bertz CT molecular complexity index is 517. The van der Waals surface area contributed by atoms with Crippen LogP contribution >= 0.6 is 0 Å². The number of aliphatic hydroxyl groups excluding tert-OH is 1. The van der Waals surface area contributed by atoms with E-state index in [2.05, 4.69) is 39.8 Å². The van der Waals surface area contributed by atoms with E-state index in [-0.39, 0.29) is 19.4 Å². The van der Waals surface area contributed by atoms with Gasteiger partial charge in [-0.2, -0.15) is 0 Å². The van der Waals surface area contributed by atoms with Crippen molar-refractivity contribution in [2.75, 3.05) is 6.61 Å². The van der Waals surface area contributed by atoms with Crippen LogP contribution in [-0.4, -0.2) is 33.9 Å². The first kappa shape index (κ1) is 27.3. The quantitative estimate of drug-likeness (QED) is 0.330. The highest BCUT2D eigenvalue weighted by Crippen LogP contribution is 2.26. The number of hydrogen-bond donors (Lipinski definition) is 3. The summed E-state index contributed by atoms with van der Waals surface area (Å²) in [6.07, 6.45) is 11.2. The third-order valence-electron chi connectivity index (χ3n) is 4.59. The van der Waals surface area contributed by atoms with Crippen LogP contribution in [-0.2, 0) is 9.59 Å². The average Bonchev–Trinajstić information content (AvgIpc) is 2.56. The van der Waals surface area contributed by atoms with E-state index in [0.717, 1.165) is 25.7 Å². The van der Waals surface area contributed by atoms with Gasteiger partial charge in [-0.3, -0.25) is 9.59 Å². The summed E-state index contributed by atoms with van der Waals surface area (Å²) in [5.41, 5.74) is 2.56. The Morgan fingerprint density at radius 3 is 1.48 bits per heavy atom. The molecule has 0 aromatic heterocycles. The number of aliphatic carboxylic acids is 2. The molecule has 0 aliphatic carbocycles. The van der Waals surface area contributed by atoms with Crippen LogP contribution < -0.4 is 0 Å². The zero-order chi connectivity index (χ0) is 21.5. The molecule has 0 fully saturated rings. The van der Waals surface area contributed by atoms with Crippen LogP contribution in [0.5, 0.6) is 0 Å². The van der Waals surface area contributed by atoms with Crippen molar-refractivity contribution in [1.29, 1.82) is 0 Å². The fourth-order valence-corrected chi connectivity index (χ4v) is 2.44. The molecule has 0 radical (unpaired) electrons. The first-order valence-electron chi connectivity index (χ1n) is 9.59. The molecule has 0 saturated heterocycles. The summed E-state index contributed by atoms with van der Waals surface area (Å²) in [5.74, 6) is -2.51. The molecule has 0 rings (SSSR count). The van der Waals surface area contributed by atoms with Crippen LogP contribution in [0, 0.1) is 5.41 Å². The van der Waals surface area contributed by atoms with Gasteiger partial charge < -0.3 is 15.3 Å². The second-order valence-corrected chi connectivity index (χ2v) is 7.04. The van der Waals surface area contributed by atoms with Crippen LogP contribution in [0.3, 0.4) is 0 Å². The number of hydrogen-bond acceptors (Lipinski definition) is 3. The summed E-state index contributed by atoms with van der Waals surface area (Å²) in [6.45, 7) is 11.8. The van der Waals surface area contributed by atoms with E-state index >= 15 is 0 Å². The lowest BCUT2D eigenvalue weighted by Gasteiger charge is -2.20. The molecule has 0 amide bonds. The number of carboxylic acids is 2. The van der Waals surface area contributed by atoms with Crippen molar-refractivity contribution in [3.8, 4) is 0 Å². The zero-order valence-corrected chi connectivity index (χ0v) is 17.8. The maximum atomic E-state index is 10.5. The normalized spacial score (nSPS) is 12.1. The second-order valence-electron chi connectivity index (χ2n) is 7.04. The molecule has 0 spiro atoms. The van der Waals surface area contributed by atoms with Crippen molar-refractivity contribution in [2.45, 2.75) is 80.1 Å². The van der Waals surface area contributed by atoms with Crippen LogP contribution in [0.2, 0.25) is 0 Å². The van der Waals surface area contributed by atoms with Crippen molar-refractivity contribution in [2.24, 2.45) is 5.41 Å². The van der Waals surface area contributed by atoms with Gasteiger partial charge in [-0.05, 0) is 66.2 Å². The molecule has 5 nitrogen and oxygen atoms in total. The van der Waals surface area contributed by atoms with E-state index in [0.29, 0.717) is 0 Å².